The van der Waals surface area contributed by atoms with Crippen LogP contribution in [0.5, 0.6) is 11.5 Å². The van der Waals surface area contributed by atoms with Crippen LogP contribution in [0.25, 0.3) is 0 Å². The van der Waals surface area contributed by atoms with Gasteiger partial charge in [0, 0.05) is 17.2 Å². The predicted octanol–water partition coefficient (Wildman–Crippen LogP) is 1.90. The largest absolute Gasteiger partial charge is 0.507 e. The number of methoxy groups -OCH3 is 1. The standard InChI is InChI=1S/C11H17NO2/c1-7-5-8(11(2,3)12)9(13)6-10(7)14-4/h5-6,13H,12H2,1-4H3. The molecular weight excluding hydrogens is 178 g/mol. The van der Waals surface area contributed by atoms with Crippen molar-refractivity contribution in [1.29, 1.82) is 0 Å². The number of rotatable bonds is 2. The molecule has 0 fully saturated rings. The van der Waals surface area contributed by atoms with Crippen molar-refractivity contribution in [3.63, 3.8) is 0 Å². The summed E-state index contributed by atoms with van der Waals surface area (Å²) in [6, 6.07) is 3.45. The van der Waals surface area contributed by atoms with Gasteiger partial charge >= 0.3 is 0 Å². The number of hydrogen-bond acceptors (Lipinski definition) is 3. The molecule has 14 heavy (non-hydrogen) atoms. The third kappa shape index (κ3) is 1.99. The molecule has 0 bridgehead atoms. The van der Waals surface area contributed by atoms with Crippen LogP contribution in [-0.2, 0) is 5.54 Å². The van der Waals surface area contributed by atoms with Gasteiger partial charge < -0.3 is 15.6 Å². The Morgan fingerprint density at radius 1 is 1.36 bits per heavy atom. The molecule has 1 aromatic rings. The van der Waals surface area contributed by atoms with Crippen molar-refractivity contribution in [2.75, 3.05) is 7.11 Å². The Labute approximate surface area is 84.5 Å². The molecule has 78 valence electrons. The van der Waals surface area contributed by atoms with Crippen molar-refractivity contribution < 1.29 is 9.84 Å². The van der Waals surface area contributed by atoms with Gasteiger partial charge in [-0.1, -0.05) is 0 Å². The number of nitrogens with two attached hydrogens (primary N) is 1. The summed E-state index contributed by atoms with van der Waals surface area (Å²) in [6.07, 6.45) is 0. The van der Waals surface area contributed by atoms with E-state index in [2.05, 4.69) is 0 Å². The fraction of sp³-hybridized carbons (Fsp3) is 0.455. The summed E-state index contributed by atoms with van der Waals surface area (Å²) < 4.78 is 5.09. The molecule has 0 aliphatic carbocycles. The van der Waals surface area contributed by atoms with E-state index in [-0.39, 0.29) is 5.75 Å². The van der Waals surface area contributed by atoms with Gasteiger partial charge in [-0.15, -0.1) is 0 Å². The number of phenolic OH excluding ortho intramolecular Hbond substituents is 1. The van der Waals surface area contributed by atoms with Crippen LogP contribution in [0.4, 0.5) is 0 Å². The number of phenols is 1. The second kappa shape index (κ2) is 3.50. The van der Waals surface area contributed by atoms with Gasteiger partial charge in [-0.05, 0) is 32.4 Å². The van der Waals surface area contributed by atoms with Crippen LogP contribution in [0.1, 0.15) is 25.0 Å². The number of hydrogen-bond donors (Lipinski definition) is 2. The Kier molecular flexibility index (Phi) is 2.71. The Balaban J connectivity index is 3.29. The van der Waals surface area contributed by atoms with Crippen molar-refractivity contribution in [1.82, 2.24) is 0 Å². The third-order valence-electron chi connectivity index (χ3n) is 2.21. The van der Waals surface area contributed by atoms with E-state index < -0.39 is 5.54 Å². The van der Waals surface area contributed by atoms with Crippen LogP contribution < -0.4 is 10.5 Å². The number of benzene rings is 1. The maximum Gasteiger partial charge on any atom is 0.125 e. The molecule has 0 spiro atoms. The lowest BCUT2D eigenvalue weighted by Gasteiger charge is -2.21. The molecule has 0 aromatic heterocycles. The zero-order valence-electron chi connectivity index (χ0n) is 9.09. The minimum atomic E-state index is -0.541. The second-order valence-electron chi connectivity index (χ2n) is 4.06. The van der Waals surface area contributed by atoms with Gasteiger partial charge in [-0.2, -0.15) is 0 Å². The first-order valence-electron chi connectivity index (χ1n) is 4.53. The quantitative estimate of drug-likeness (QED) is 0.757. The van der Waals surface area contributed by atoms with E-state index in [4.69, 9.17) is 10.5 Å². The molecule has 0 unspecified atom stereocenters. The Morgan fingerprint density at radius 2 is 1.93 bits per heavy atom. The van der Waals surface area contributed by atoms with Crippen molar-refractivity contribution in [2.45, 2.75) is 26.3 Å². The zero-order valence-corrected chi connectivity index (χ0v) is 9.09. The van der Waals surface area contributed by atoms with E-state index in [1.54, 1.807) is 13.2 Å². The molecule has 0 aliphatic rings. The van der Waals surface area contributed by atoms with Gasteiger partial charge in [0.05, 0.1) is 7.11 Å². The molecule has 0 atom stereocenters. The molecule has 0 saturated heterocycles. The summed E-state index contributed by atoms with van der Waals surface area (Å²) in [5.74, 6) is 0.857. The minimum Gasteiger partial charge on any atom is -0.507 e. The Morgan fingerprint density at radius 3 is 2.36 bits per heavy atom. The minimum absolute atomic E-state index is 0.181. The zero-order chi connectivity index (χ0) is 10.9. The monoisotopic (exact) mass is 195 g/mol. The fourth-order valence-electron chi connectivity index (χ4n) is 1.41. The topological polar surface area (TPSA) is 55.5 Å². The van der Waals surface area contributed by atoms with Gasteiger partial charge in [0.15, 0.2) is 0 Å². The Hall–Kier alpha value is -1.22. The summed E-state index contributed by atoms with van der Waals surface area (Å²) >= 11 is 0. The molecule has 0 saturated carbocycles. The van der Waals surface area contributed by atoms with Gasteiger partial charge in [0.2, 0.25) is 0 Å². The van der Waals surface area contributed by atoms with E-state index in [1.807, 2.05) is 26.8 Å². The number of aryl methyl sites for hydroxylation is 1. The van der Waals surface area contributed by atoms with Crippen LogP contribution in [-0.4, -0.2) is 12.2 Å². The molecule has 3 nitrogen and oxygen atoms in total. The third-order valence-corrected chi connectivity index (χ3v) is 2.21. The highest BCUT2D eigenvalue weighted by Gasteiger charge is 2.19. The maximum atomic E-state index is 9.72. The van der Waals surface area contributed by atoms with E-state index >= 15 is 0 Å². The van der Waals surface area contributed by atoms with Gasteiger partial charge in [0.1, 0.15) is 11.5 Å². The molecule has 0 radical (unpaired) electrons. The molecule has 0 aliphatic heterocycles. The van der Waals surface area contributed by atoms with Crippen LogP contribution >= 0.6 is 0 Å². The first-order chi connectivity index (χ1) is 6.36. The Bertz CT molecular complexity index is 340. The lowest BCUT2D eigenvalue weighted by Crippen LogP contribution is -2.28. The summed E-state index contributed by atoms with van der Waals surface area (Å²) in [5.41, 5.74) is 7.08. The first kappa shape index (κ1) is 10.9. The molecule has 3 heteroatoms. The van der Waals surface area contributed by atoms with E-state index in [0.717, 1.165) is 11.1 Å². The number of aromatic hydroxyl groups is 1. The first-order valence-corrected chi connectivity index (χ1v) is 4.53. The summed E-state index contributed by atoms with van der Waals surface area (Å²) in [7, 11) is 1.58. The van der Waals surface area contributed by atoms with Gasteiger partial charge in [-0.25, -0.2) is 0 Å². The summed E-state index contributed by atoms with van der Waals surface area (Å²) in [5, 5.41) is 9.72. The molecule has 0 amide bonds. The maximum absolute atomic E-state index is 9.72. The highest BCUT2D eigenvalue weighted by Crippen LogP contribution is 2.32. The highest BCUT2D eigenvalue weighted by atomic mass is 16.5. The fourth-order valence-corrected chi connectivity index (χ4v) is 1.41. The van der Waals surface area contributed by atoms with E-state index in [0.29, 0.717) is 5.75 Å². The SMILES string of the molecule is COc1cc(O)c(C(C)(C)N)cc1C. The van der Waals surface area contributed by atoms with E-state index in [9.17, 15) is 5.11 Å². The molecule has 1 rings (SSSR count). The predicted molar refractivity (Wildman–Crippen MR) is 56.6 cm³/mol. The average molecular weight is 195 g/mol. The average Bonchev–Trinajstić information content (AvgIpc) is 2.06. The van der Waals surface area contributed by atoms with Crippen molar-refractivity contribution in [3.8, 4) is 11.5 Å². The van der Waals surface area contributed by atoms with Gasteiger partial charge in [0.25, 0.3) is 0 Å². The lowest BCUT2D eigenvalue weighted by molar-refractivity contribution is 0.398. The van der Waals surface area contributed by atoms with E-state index in [1.165, 1.54) is 0 Å². The van der Waals surface area contributed by atoms with Crippen molar-refractivity contribution in [3.05, 3.63) is 23.3 Å². The van der Waals surface area contributed by atoms with Crippen LogP contribution in [0.15, 0.2) is 12.1 Å². The normalized spacial score (nSPS) is 11.5. The van der Waals surface area contributed by atoms with Crippen LogP contribution in [0.3, 0.4) is 0 Å². The summed E-state index contributed by atoms with van der Waals surface area (Å²) in [4.78, 5) is 0. The second-order valence-corrected chi connectivity index (χ2v) is 4.06. The lowest BCUT2D eigenvalue weighted by atomic mass is 9.93. The highest BCUT2D eigenvalue weighted by molar-refractivity contribution is 5.47. The van der Waals surface area contributed by atoms with Crippen LogP contribution in [0, 0.1) is 6.92 Å². The molecule has 1 aromatic carbocycles. The van der Waals surface area contributed by atoms with Gasteiger partial charge in [-0.3, -0.25) is 0 Å². The molecular formula is C11H17NO2. The summed E-state index contributed by atoms with van der Waals surface area (Å²) in [6.45, 7) is 5.63. The molecule has 3 N–H and O–H groups in total. The smallest absolute Gasteiger partial charge is 0.125 e. The molecule has 0 heterocycles. The number of ether oxygens (including phenoxy) is 1. The van der Waals surface area contributed by atoms with Crippen molar-refractivity contribution >= 4 is 0 Å². The van der Waals surface area contributed by atoms with Crippen molar-refractivity contribution in [2.24, 2.45) is 5.73 Å². The van der Waals surface area contributed by atoms with Crippen LogP contribution in [0.2, 0.25) is 0 Å².